The van der Waals surface area contributed by atoms with Gasteiger partial charge in [0.05, 0.1) is 32.5 Å². The quantitative estimate of drug-likeness (QED) is 0.257. The summed E-state index contributed by atoms with van der Waals surface area (Å²) in [7, 11) is 0. The fourth-order valence-corrected chi connectivity index (χ4v) is 4.60. The van der Waals surface area contributed by atoms with E-state index < -0.39 is 5.91 Å². The molecule has 1 saturated heterocycles. The van der Waals surface area contributed by atoms with E-state index in [1.807, 2.05) is 32.0 Å². The maximum atomic E-state index is 12.9. The lowest BCUT2D eigenvalue weighted by molar-refractivity contribution is -0.676. The largest absolute Gasteiger partial charge is 1.00 e. The predicted octanol–water partition coefficient (Wildman–Crippen LogP) is -1.59. The summed E-state index contributed by atoms with van der Waals surface area (Å²) in [5.74, 6) is 0.336. The number of nitrogen functional groups attached to an aromatic ring is 1. The van der Waals surface area contributed by atoms with Gasteiger partial charge in [-0.3, -0.25) is 14.5 Å². The van der Waals surface area contributed by atoms with E-state index in [9.17, 15) is 9.59 Å². The molecule has 38 heavy (non-hydrogen) atoms. The number of anilines is 1. The number of halogens is 3. The van der Waals surface area contributed by atoms with Crippen molar-refractivity contribution in [2.45, 2.75) is 33.5 Å². The fraction of sp³-hybridized carbons (Fsp3) is 0.458. The number of benzene rings is 1. The monoisotopic (exact) mass is 586 g/mol. The molecule has 208 valence electrons. The van der Waals surface area contributed by atoms with Gasteiger partial charge in [-0.25, -0.2) is 19.1 Å². The molecule has 0 bridgehead atoms. The molecule has 3 heterocycles. The van der Waals surface area contributed by atoms with Gasteiger partial charge >= 0.3 is 0 Å². The standard InChI is InChI=1S/C24H31ClN8O3.2ClH/c1-3-32-17-6-5-16(23(34)27-7-8-31-9-11-36-12-10-31)13-18(17)33(4-2)20(32)15-29-24(35)21-22(26)28-14-19(25)30-21;;/h5-6,13-14H,3-4,7-12,15H2,1-2H3,(H3-,26,27,28,29,34,35);2*1H. The zero-order valence-electron chi connectivity index (χ0n) is 21.4. The molecule has 1 aliphatic rings. The van der Waals surface area contributed by atoms with Crippen LogP contribution in [0, 0.1) is 0 Å². The summed E-state index contributed by atoms with van der Waals surface area (Å²) >= 11 is 5.88. The molecule has 1 aromatic carbocycles. The highest BCUT2D eigenvalue weighted by Gasteiger charge is 2.25. The van der Waals surface area contributed by atoms with Gasteiger partial charge in [0.25, 0.3) is 17.6 Å². The molecule has 0 aliphatic carbocycles. The summed E-state index contributed by atoms with van der Waals surface area (Å²) in [6, 6.07) is 5.69. The van der Waals surface area contributed by atoms with Crippen LogP contribution < -0.4 is 33.3 Å². The summed E-state index contributed by atoms with van der Waals surface area (Å²) in [6.45, 7) is 10.3. The summed E-state index contributed by atoms with van der Waals surface area (Å²) in [5.41, 5.74) is 8.29. The second-order valence-corrected chi connectivity index (χ2v) is 8.81. The minimum atomic E-state index is -0.460. The Hall–Kier alpha value is -2.70. The Kier molecular flexibility index (Phi) is 12.0. The van der Waals surface area contributed by atoms with Crippen LogP contribution in [-0.4, -0.2) is 70.6 Å². The third kappa shape index (κ3) is 7.03. The number of hydrogen-bond donors (Lipinski definition) is 3. The lowest BCUT2D eigenvalue weighted by Gasteiger charge is -2.26. The number of carbonyl (C=O) groups excluding carboxylic acids is 2. The Labute approximate surface area is 238 Å². The Bertz CT molecular complexity index is 1260. The number of carbonyl (C=O) groups is 2. The number of rotatable bonds is 9. The molecule has 4 rings (SSSR count). The van der Waals surface area contributed by atoms with E-state index in [0.29, 0.717) is 25.2 Å². The van der Waals surface area contributed by atoms with Gasteiger partial charge in [0.1, 0.15) is 11.7 Å². The first-order chi connectivity index (χ1) is 17.4. The van der Waals surface area contributed by atoms with E-state index in [0.717, 1.165) is 49.7 Å². The molecule has 4 N–H and O–H groups in total. The summed E-state index contributed by atoms with van der Waals surface area (Å²) < 4.78 is 9.58. The maximum Gasteiger partial charge on any atom is 0.277 e. The number of fused-ring (bicyclic) bond motifs is 1. The molecular formula is C24H33Cl3N8O3. The maximum absolute atomic E-state index is 12.9. The molecule has 11 nitrogen and oxygen atoms in total. The Morgan fingerprint density at radius 1 is 1.18 bits per heavy atom. The van der Waals surface area contributed by atoms with Gasteiger partial charge in [0.2, 0.25) is 0 Å². The molecule has 0 spiro atoms. The van der Waals surface area contributed by atoms with Gasteiger partial charge in [-0.15, -0.1) is 12.4 Å². The molecule has 0 atom stereocenters. The second-order valence-electron chi connectivity index (χ2n) is 8.43. The van der Waals surface area contributed by atoms with Crippen molar-refractivity contribution in [3.05, 3.63) is 46.6 Å². The van der Waals surface area contributed by atoms with Crippen molar-refractivity contribution in [2.75, 3.05) is 45.1 Å². The third-order valence-corrected chi connectivity index (χ3v) is 6.47. The fourth-order valence-electron chi connectivity index (χ4n) is 4.47. The molecule has 0 unspecified atom stereocenters. The number of nitrogens with one attached hydrogen (secondary N) is 2. The molecular weight excluding hydrogens is 555 g/mol. The minimum absolute atomic E-state index is 0. The number of ether oxygens (including phenoxy) is 1. The van der Waals surface area contributed by atoms with Gasteiger partial charge in [0, 0.05) is 37.8 Å². The average Bonchev–Trinajstić information content (AvgIpc) is 3.20. The van der Waals surface area contributed by atoms with Crippen LogP contribution in [0.15, 0.2) is 24.4 Å². The summed E-state index contributed by atoms with van der Waals surface area (Å²) in [5, 5.41) is 5.99. The van der Waals surface area contributed by atoms with Crippen LogP contribution in [0.2, 0.25) is 5.15 Å². The topological polar surface area (TPSA) is 131 Å². The molecule has 2 aromatic heterocycles. The van der Waals surface area contributed by atoms with Crippen molar-refractivity contribution in [1.82, 2.24) is 30.1 Å². The summed E-state index contributed by atoms with van der Waals surface area (Å²) in [6.07, 6.45) is 1.30. The first-order valence-electron chi connectivity index (χ1n) is 12.1. The minimum Gasteiger partial charge on any atom is -1.00 e. The molecule has 3 aromatic rings. The average molecular weight is 588 g/mol. The van der Waals surface area contributed by atoms with E-state index in [-0.39, 0.29) is 53.9 Å². The zero-order valence-corrected chi connectivity index (χ0v) is 23.7. The number of aromatic nitrogens is 4. The van der Waals surface area contributed by atoms with Crippen LogP contribution in [0.3, 0.4) is 0 Å². The number of imidazole rings is 1. The van der Waals surface area contributed by atoms with E-state index in [1.165, 1.54) is 6.20 Å². The number of nitrogens with zero attached hydrogens (tertiary/aromatic N) is 5. The number of morpholine rings is 1. The van der Waals surface area contributed by atoms with Gasteiger partial charge < -0.3 is 33.5 Å². The molecule has 0 saturated carbocycles. The highest BCUT2D eigenvalue weighted by Crippen LogP contribution is 2.18. The highest BCUT2D eigenvalue weighted by molar-refractivity contribution is 6.29. The zero-order chi connectivity index (χ0) is 25.7. The molecule has 1 fully saturated rings. The van der Waals surface area contributed by atoms with Gasteiger partial charge in [-0.1, -0.05) is 11.6 Å². The van der Waals surface area contributed by atoms with Crippen LogP contribution >= 0.6 is 24.0 Å². The number of hydrogen-bond acceptors (Lipinski definition) is 7. The number of aryl methyl sites for hydroxylation is 2. The lowest BCUT2D eigenvalue weighted by Crippen LogP contribution is -3.00. The van der Waals surface area contributed by atoms with Crippen molar-refractivity contribution >= 4 is 52.7 Å². The molecule has 2 amide bonds. The smallest absolute Gasteiger partial charge is 0.277 e. The summed E-state index contributed by atoms with van der Waals surface area (Å²) in [4.78, 5) is 35.8. The highest BCUT2D eigenvalue weighted by atomic mass is 35.5. The molecule has 14 heteroatoms. The predicted molar refractivity (Wildman–Crippen MR) is 143 cm³/mol. The van der Waals surface area contributed by atoms with Crippen LogP contribution in [0.25, 0.3) is 11.0 Å². The van der Waals surface area contributed by atoms with Crippen molar-refractivity contribution < 1.29 is 31.3 Å². The Balaban J connectivity index is 0.00000253. The van der Waals surface area contributed by atoms with E-state index in [2.05, 4.69) is 34.6 Å². The van der Waals surface area contributed by atoms with Gasteiger partial charge in [0.15, 0.2) is 22.5 Å². The van der Waals surface area contributed by atoms with E-state index >= 15 is 0 Å². The SMILES string of the molecule is CCn1c(CNC(=O)c2nc(Cl)cnc2N)[n+](CC)c2ccc(C(=O)NCCN3CCOCC3)cc21.Cl.[Cl-]. The molecule has 0 radical (unpaired) electrons. The first kappa shape index (κ1) is 31.5. The van der Waals surface area contributed by atoms with Crippen LogP contribution in [0.4, 0.5) is 5.82 Å². The number of nitrogens with two attached hydrogens (primary N) is 1. The molecule has 1 aliphatic heterocycles. The lowest BCUT2D eigenvalue weighted by atomic mass is 10.2. The Morgan fingerprint density at radius 3 is 2.61 bits per heavy atom. The normalized spacial score (nSPS) is 13.4. The van der Waals surface area contributed by atoms with Crippen LogP contribution in [0.5, 0.6) is 0 Å². The van der Waals surface area contributed by atoms with Crippen LogP contribution in [-0.2, 0) is 24.4 Å². The van der Waals surface area contributed by atoms with Crippen molar-refractivity contribution in [1.29, 1.82) is 0 Å². The van der Waals surface area contributed by atoms with E-state index in [4.69, 9.17) is 22.1 Å². The van der Waals surface area contributed by atoms with E-state index in [1.54, 1.807) is 0 Å². The number of amides is 2. The third-order valence-electron chi connectivity index (χ3n) is 6.29. The van der Waals surface area contributed by atoms with Crippen molar-refractivity contribution in [3.63, 3.8) is 0 Å². The van der Waals surface area contributed by atoms with Gasteiger partial charge in [-0.2, -0.15) is 0 Å². The van der Waals surface area contributed by atoms with Gasteiger partial charge in [-0.05, 0) is 26.0 Å². The van der Waals surface area contributed by atoms with Crippen molar-refractivity contribution in [2.24, 2.45) is 0 Å². The Morgan fingerprint density at radius 2 is 1.92 bits per heavy atom. The first-order valence-corrected chi connectivity index (χ1v) is 12.5. The van der Waals surface area contributed by atoms with Crippen molar-refractivity contribution in [3.8, 4) is 0 Å². The second kappa shape index (κ2) is 14.5. The van der Waals surface area contributed by atoms with Crippen LogP contribution in [0.1, 0.15) is 40.5 Å².